The lowest BCUT2D eigenvalue weighted by Gasteiger charge is -2.33. The minimum Gasteiger partial charge on any atom is -0.458 e. The molecule has 0 saturated heterocycles. The predicted molar refractivity (Wildman–Crippen MR) is 279 cm³/mol. The molecule has 2 aliphatic rings. The van der Waals surface area contributed by atoms with Gasteiger partial charge in [-0.1, -0.05) is 70.0 Å². The third-order valence-electron chi connectivity index (χ3n) is 13.8. The minimum absolute atomic E-state index is 0.0455. The smallest absolute Gasteiger partial charge is 0.343 e. The van der Waals surface area contributed by atoms with Crippen LogP contribution in [-0.2, 0) is 67.2 Å². The van der Waals surface area contributed by atoms with Crippen LogP contribution in [0.3, 0.4) is 0 Å². The number of benzene rings is 2. The van der Waals surface area contributed by atoms with Crippen LogP contribution in [0.25, 0.3) is 16.5 Å². The maximum absolute atomic E-state index is 15.7. The highest BCUT2D eigenvalue weighted by atomic mass is 19.1. The number of cyclic esters (lactones) is 1. The number of ketones is 1. The second kappa shape index (κ2) is 27.2. The number of halogens is 1. The first-order valence-corrected chi connectivity index (χ1v) is 25.6. The molecule has 4 unspecified atom stereocenters. The molecule has 7 amide bonds. The maximum Gasteiger partial charge on any atom is 0.343 e. The predicted octanol–water partition coefficient (Wildman–Crippen LogP) is 4.56. The second-order valence-corrected chi connectivity index (χ2v) is 19.2. The summed E-state index contributed by atoms with van der Waals surface area (Å²) in [6, 6.07) is 8.44. The largest absolute Gasteiger partial charge is 0.458 e. The van der Waals surface area contributed by atoms with Gasteiger partial charge < -0.3 is 36.4 Å². The summed E-state index contributed by atoms with van der Waals surface area (Å²) >= 11 is 0. The SMILES string of the molecule is C/C=C\C(=O)N(C=O)CCCCCC(=O)NCC(=O)NCC(=O)NC(Cc1ccccc1)C(=O)NCC(=O)NC1CCc2c(C)c(F)cc3nc(/C(C)=C/C4=C(C(C)=O)COC(=O)C4(O)CC)c(CC(C)CC)c1c23. The molecule has 18 nitrogen and oxygen atoms in total. The molecule has 3 aromatic rings. The van der Waals surface area contributed by atoms with E-state index >= 15 is 4.39 Å². The number of pyridine rings is 1. The van der Waals surface area contributed by atoms with E-state index in [1.54, 1.807) is 64.1 Å². The average molecular weight is 1040 g/mol. The number of esters is 1. The lowest BCUT2D eigenvalue weighted by atomic mass is 9.78. The molecule has 1 aliphatic carbocycles. The highest BCUT2D eigenvalue weighted by Gasteiger charge is 2.45. The summed E-state index contributed by atoms with van der Waals surface area (Å²) in [6.45, 7) is 10.7. The zero-order valence-corrected chi connectivity index (χ0v) is 43.9. The van der Waals surface area contributed by atoms with Crippen molar-refractivity contribution in [1.82, 2.24) is 36.5 Å². The number of aromatic nitrogens is 1. The number of imide groups is 1. The Morgan fingerprint density at radius 2 is 1.64 bits per heavy atom. The number of amides is 7. The minimum atomic E-state index is -2.11. The Balaban J connectivity index is 1.30. The van der Waals surface area contributed by atoms with Crippen LogP contribution in [0.15, 0.2) is 65.8 Å². The van der Waals surface area contributed by atoms with Crippen molar-refractivity contribution in [3.63, 3.8) is 0 Å². The second-order valence-electron chi connectivity index (χ2n) is 19.2. The summed E-state index contributed by atoms with van der Waals surface area (Å²) in [4.78, 5) is 121. The Labute approximate surface area is 436 Å². The number of Topliss-reactive ketones (excluding diaryl/α,β-unsaturated/α-hetero) is 1. The number of ether oxygens (including phenoxy) is 1. The number of nitrogens with zero attached hydrogens (tertiary/aromatic N) is 2. The molecule has 0 saturated carbocycles. The third-order valence-corrected chi connectivity index (χ3v) is 13.8. The molecule has 5 rings (SSSR count). The topological polar surface area (TPSA) is 259 Å². The van der Waals surface area contributed by atoms with Crippen molar-refractivity contribution in [3.05, 3.63) is 105 Å². The zero-order chi connectivity index (χ0) is 55.0. The van der Waals surface area contributed by atoms with Gasteiger partial charge in [0, 0.05) is 42.0 Å². The average Bonchev–Trinajstić information content (AvgIpc) is 3.39. The van der Waals surface area contributed by atoms with Gasteiger partial charge in [-0.05, 0) is 118 Å². The molecule has 19 heteroatoms. The Bertz CT molecular complexity index is 2770. The number of nitrogens with one attached hydrogen (secondary N) is 5. The number of carbonyl (C=O) groups is 9. The van der Waals surface area contributed by atoms with Crippen molar-refractivity contribution < 1.29 is 57.4 Å². The zero-order valence-electron chi connectivity index (χ0n) is 43.9. The van der Waals surface area contributed by atoms with Crippen LogP contribution in [0.4, 0.5) is 4.39 Å². The Morgan fingerprint density at radius 1 is 0.947 bits per heavy atom. The van der Waals surface area contributed by atoms with Crippen molar-refractivity contribution in [2.45, 2.75) is 130 Å². The monoisotopic (exact) mass is 1040 g/mol. The third kappa shape index (κ3) is 15.1. The summed E-state index contributed by atoms with van der Waals surface area (Å²) in [5.41, 5.74) is 2.82. The Morgan fingerprint density at radius 3 is 2.31 bits per heavy atom. The van der Waals surface area contributed by atoms with Gasteiger partial charge in [0.05, 0.1) is 36.9 Å². The van der Waals surface area contributed by atoms with Gasteiger partial charge >= 0.3 is 5.97 Å². The molecule has 1 aromatic heterocycles. The number of aliphatic hydroxyl groups is 1. The van der Waals surface area contributed by atoms with Gasteiger partial charge in [-0.3, -0.25) is 43.3 Å². The first kappa shape index (κ1) is 58.5. The molecule has 2 aromatic carbocycles. The van der Waals surface area contributed by atoms with Crippen molar-refractivity contribution in [2.75, 3.05) is 32.8 Å². The first-order chi connectivity index (χ1) is 35.8. The molecule has 0 radical (unpaired) electrons. The van der Waals surface area contributed by atoms with E-state index in [4.69, 9.17) is 9.72 Å². The van der Waals surface area contributed by atoms with Crippen molar-refractivity contribution in [3.8, 4) is 0 Å². The molecule has 0 fully saturated rings. The number of carbonyl (C=O) groups excluding carboxylic acids is 9. The van der Waals surface area contributed by atoms with E-state index in [0.29, 0.717) is 78.2 Å². The quantitative estimate of drug-likeness (QED) is 0.0280. The van der Waals surface area contributed by atoms with Gasteiger partial charge in [0.2, 0.25) is 35.9 Å². The number of rotatable bonds is 26. The molecule has 6 N–H and O–H groups in total. The van der Waals surface area contributed by atoms with E-state index in [1.165, 1.54) is 25.1 Å². The van der Waals surface area contributed by atoms with Gasteiger partial charge in [0.1, 0.15) is 18.5 Å². The van der Waals surface area contributed by atoms with Crippen LogP contribution in [0, 0.1) is 18.7 Å². The first-order valence-electron chi connectivity index (χ1n) is 25.6. The fourth-order valence-electron chi connectivity index (χ4n) is 9.30. The van der Waals surface area contributed by atoms with Gasteiger partial charge in [-0.2, -0.15) is 0 Å². The van der Waals surface area contributed by atoms with Gasteiger partial charge in [0.15, 0.2) is 11.4 Å². The summed E-state index contributed by atoms with van der Waals surface area (Å²) in [7, 11) is 0. The number of unbranched alkanes of at least 4 members (excludes halogenated alkanes) is 2. The van der Waals surface area contributed by atoms with Crippen LogP contribution >= 0.6 is 0 Å². The van der Waals surface area contributed by atoms with E-state index < -0.39 is 84.5 Å². The van der Waals surface area contributed by atoms with Gasteiger partial charge in [-0.25, -0.2) is 14.2 Å². The number of allylic oxidation sites excluding steroid dienone is 2. The van der Waals surface area contributed by atoms with Crippen molar-refractivity contribution >= 4 is 70.1 Å². The van der Waals surface area contributed by atoms with Crippen LogP contribution in [0.5, 0.6) is 0 Å². The molecule has 0 bridgehead atoms. The molecule has 4 atom stereocenters. The molecule has 75 heavy (non-hydrogen) atoms. The summed E-state index contributed by atoms with van der Waals surface area (Å²) < 4.78 is 20.9. The standard InChI is InChI=1S/C56H70FN7O11/c1-8-17-50(71)64(32-65)23-16-12-15-20-46(67)58-28-47(68)59-29-48(69)62-45(26-37-18-13-11-14-19-37)54(72)60-30-49(70)61-43-22-21-38-35(6)42(57)27-44-51(38)52(43)39(24-33(4)9-2)53(63-44)34(5)25-41-40(36(7)66)31-75-55(73)56(41,74)10-3/h8,11,13-14,17-19,25,27,32-33,43,45,74H,9-10,12,15-16,20-24,26,28-31H2,1-7H3,(H,58,67)(H,59,68)(H,60,72)(H,61,70)(H,62,69)/b17-8-,34-25+. The maximum atomic E-state index is 15.7. The van der Waals surface area contributed by atoms with Gasteiger partial charge in [-0.15, -0.1) is 0 Å². The van der Waals surface area contributed by atoms with Crippen LogP contribution in [0.1, 0.15) is 126 Å². The van der Waals surface area contributed by atoms with Crippen molar-refractivity contribution in [2.24, 2.45) is 5.92 Å². The van der Waals surface area contributed by atoms with E-state index in [9.17, 15) is 48.3 Å². The molecule has 1 aliphatic heterocycles. The number of aryl methyl sites for hydroxylation is 1. The van der Waals surface area contributed by atoms with E-state index in [-0.39, 0.29) is 55.3 Å². The molecular formula is C56H70FN7O11. The summed E-state index contributed by atoms with van der Waals surface area (Å²) in [6.07, 6.45) is 8.48. The fraction of sp³-hybridized carbons (Fsp3) is 0.464. The molecule has 402 valence electrons. The van der Waals surface area contributed by atoms with E-state index in [1.807, 2.05) is 6.92 Å². The van der Waals surface area contributed by atoms with Crippen LogP contribution in [-0.4, -0.2) is 113 Å². The summed E-state index contributed by atoms with van der Waals surface area (Å²) in [5, 5.41) is 25.7. The Kier molecular flexibility index (Phi) is 21.2. The van der Waals surface area contributed by atoms with Crippen LogP contribution < -0.4 is 26.6 Å². The molecular weight excluding hydrogens is 966 g/mol. The normalized spacial score (nSPS) is 17.2. The molecule has 2 heterocycles. The number of hydrogen-bond acceptors (Lipinski definition) is 12. The lowest BCUT2D eigenvalue weighted by Crippen LogP contribution is -2.52. The highest BCUT2D eigenvalue weighted by molar-refractivity contribution is 6.01. The van der Waals surface area contributed by atoms with E-state index in [2.05, 4.69) is 33.5 Å². The van der Waals surface area contributed by atoms with E-state index in [0.717, 1.165) is 28.0 Å². The Hall–Kier alpha value is -7.41. The van der Waals surface area contributed by atoms with Crippen molar-refractivity contribution in [1.29, 1.82) is 0 Å². The summed E-state index contributed by atoms with van der Waals surface area (Å²) in [5.74, 6) is -5.01. The lowest BCUT2D eigenvalue weighted by molar-refractivity contribution is -0.163. The van der Waals surface area contributed by atoms with Gasteiger partial charge in [0.25, 0.3) is 5.91 Å². The highest BCUT2D eigenvalue weighted by Crippen LogP contribution is 2.43. The fourth-order valence-corrected chi connectivity index (χ4v) is 9.30. The van der Waals surface area contributed by atoms with Crippen LogP contribution in [0.2, 0.25) is 0 Å². The number of hydrogen-bond donors (Lipinski definition) is 6. The molecule has 0 spiro atoms.